The summed E-state index contributed by atoms with van der Waals surface area (Å²) in [6, 6.07) is 22.8. The maximum atomic E-state index is 12.3. The van der Waals surface area contributed by atoms with Gasteiger partial charge in [0.2, 0.25) is 5.78 Å². The molecule has 7 nitrogen and oxygen atoms in total. The van der Waals surface area contributed by atoms with E-state index >= 15 is 0 Å². The van der Waals surface area contributed by atoms with Gasteiger partial charge in [-0.1, -0.05) is 47.2 Å². The summed E-state index contributed by atoms with van der Waals surface area (Å²) >= 11 is 1.46. The van der Waals surface area contributed by atoms with Crippen LogP contribution in [-0.4, -0.2) is 35.1 Å². The molecule has 0 saturated carbocycles. The number of aliphatic hydroxyl groups excluding tert-OH is 1. The fourth-order valence-electron chi connectivity index (χ4n) is 2.86. The Balaban J connectivity index is 1.55. The number of nitrogens with zero attached hydrogens (tertiary/aromatic N) is 1. The number of aliphatic hydroxyl groups is 1. The van der Waals surface area contributed by atoms with Crippen molar-refractivity contribution in [2.45, 2.75) is 29.7 Å². The Bertz CT molecular complexity index is 1170. The molecule has 0 saturated heterocycles. The highest BCUT2D eigenvalue weighted by molar-refractivity contribution is 7.99. The number of ketones is 1. The first-order valence-electron chi connectivity index (χ1n) is 10.4. The lowest BCUT2D eigenvalue weighted by molar-refractivity contribution is -0.140. The molecule has 0 fully saturated rings. The van der Waals surface area contributed by atoms with Crippen molar-refractivity contribution in [3.8, 4) is 0 Å². The van der Waals surface area contributed by atoms with E-state index in [1.165, 1.54) is 25.6 Å². The maximum Gasteiger partial charge on any atom is 0.338 e. The second-order valence-electron chi connectivity index (χ2n) is 7.26. The highest BCUT2D eigenvalue weighted by Gasteiger charge is 2.13. The first kappa shape index (κ1) is 24.9. The van der Waals surface area contributed by atoms with Gasteiger partial charge in [0.05, 0.1) is 5.56 Å². The lowest BCUT2D eigenvalue weighted by Crippen LogP contribution is -2.12. The normalized spacial score (nSPS) is 12.0. The lowest BCUT2D eigenvalue weighted by atomic mass is 10.1. The molecular weight excluding hydrogens is 454 g/mol. The molecule has 174 valence electrons. The number of carbonyl (C=O) groups excluding carboxylic acids is 3. The van der Waals surface area contributed by atoms with Crippen LogP contribution in [0.15, 0.2) is 93.8 Å². The molecule has 3 aromatic rings. The summed E-state index contributed by atoms with van der Waals surface area (Å²) in [4.78, 5) is 41.7. The molecule has 1 unspecified atom stereocenters. The second-order valence-corrected chi connectivity index (χ2v) is 8.41. The number of carbonyl (C=O) groups is 3. The summed E-state index contributed by atoms with van der Waals surface area (Å²) in [7, 11) is 0. The summed E-state index contributed by atoms with van der Waals surface area (Å²) in [5.74, 6) is -1.44. The van der Waals surface area contributed by atoms with Gasteiger partial charge < -0.3 is 14.7 Å². The third-order valence-electron chi connectivity index (χ3n) is 4.64. The fraction of sp³-hybridized carbons (Fsp3) is 0.154. The first-order chi connectivity index (χ1) is 16.3. The van der Waals surface area contributed by atoms with Gasteiger partial charge in [0, 0.05) is 22.3 Å². The number of Topliss-reactive ketones (excluding diaryl/α,β-unsaturated/α-hetero) is 1. The van der Waals surface area contributed by atoms with Gasteiger partial charge in [0.1, 0.15) is 18.4 Å². The molecule has 0 heterocycles. The van der Waals surface area contributed by atoms with Crippen molar-refractivity contribution >= 4 is 35.2 Å². The maximum absolute atomic E-state index is 12.3. The average molecular weight is 478 g/mol. The number of esters is 1. The Labute approximate surface area is 201 Å². The summed E-state index contributed by atoms with van der Waals surface area (Å²) in [6.45, 7) is 2.55. The molecule has 0 amide bonds. The van der Waals surface area contributed by atoms with Crippen LogP contribution < -0.4 is 0 Å². The van der Waals surface area contributed by atoms with Gasteiger partial charge in [-0.05, 0) is 61.0 Å². The number of hydrogen-bond acceptors (Lipinski definition) is 8. The van der Waals surface area contributed by atoms with Gasteiger partial charge in [0.25, 0.3) is 0 Å². The van der Waals surface area contributed by atoms with Crippen molar-refractivity contribution in [3.63, 3.8) is 0 Å². The molecule has 0 aliphatic rings. The van der Waals surface area contributed by atoms with Gasteiger partial charge in [-0.15, -0.1) is 0 Å². The minimum absolute atomic E-state index is 0.0781. The third kappa shape index (κ3) is 7.13. The Hall–Kier alpha value is -3.75. The monoisotopic (exact) mass is 477 g/mol. The van der Waals surface area contributed by atoms with E-state index in [4.69, 9.17) is 4.74 Å². The number of ether oxygens (including phenoxy) is 1. The Morgan fingerprint density at radius 3 is 1.97 bits per heavy atom. The highest BCUT2D eigenvalue weighted by Crippen LogP contribution is 2.28. The molecule has 0 aliphatic heterocycles. The number of oxime groups is 1. The van der Waals surface area contributed by atoms with Gasteiger partial charge in [-0.3, -0.25) is 4.79 Å². The van der Waals surface area contributed by atoms with Crippen molar-refractivity contribution in [1.82, 2.24) is 0 Å². The van der Waals surface area contributed by atoms with Gasteiger partial charge in [-0.2, -0.15) is 0 Å². The van der Waals surface area contributed by atoms with E-state index < -0.39 is 18.0 Å². The van der Waals surface area contributed by atoms with Crippen LogP contribution in [0.4, 0.5) is 0 Å². The average Bonchev–Trinajstić information content (AvgIpc) is 2.86. The van der Waals surface area contributed by atoms with Crippen LogP contribution in [0.5, 0.6) is 0 Å². The molecule has 0 radical (unpaired) electrons. The summed E-state index contributed by atoms with van der Waals surface area (Å²) < 4.78 is 5.22. The summed E-state index contributed by atoms with van der Waals surface area (Å²) in [5, 5.41) is 13.6. The molecule has 1 atom stereocenters. The van der Waals surface area contributed by atoms with Gasteiger partial charge in [0.15, 0.2) is 0 Å². The Morgan fingerprint density at radius 1 is 0.853 bits per heavy atom. The van der Waals surface area contributed by atoms with Crippen molar-refractivity contribution in [1.29, 1.82) is 0 Å². The Morgan fingerprint density at radius 2 is 1.41 bits per heavy atom. The fourth-order valence-corrected chi connectivity index (χ4v) is 3.68. The second kappa shape index (κ2) is 11.9. The van der Waals surface area contributed by atoms with Crippen molar-refractivity contribution in [2.75, 3.05) is 6.61 Å². The van der Waals surface area contributed by atoms with E-state index in [0.29, 0.717) is 16.7 Å². The van der Waals surface area contributed by atoms with E-state index in [9.17, 15) is 19.5 Å². The molecule has 0 bridgehead atoms. The van der Waals surface area contributed by atoms with Crippen LogP contribution >= 0.6 is 11.8 Å². The van der Waals surface area contributed by atoms with Crippen LogP contribution in [0.2, 0.25) is 0 Å². The van der Waals surface area contributed by atoms with E-state index in [0.717, 1.165) is 9.79 Å². The van der Waals surface area contributed by atoms with E-state index in [1.54, 1.807) is 60.7 Å². The summed E-state index contributed by atoms with van der Waals surface area (Å²) in [6.07, 6.45) is -0.883. The quantitative estimate of drug-likeness (QED) is 0.155. The topological polar surface area (TPSA) is 102 Å². The highest BCUT2D eigenvalue weighted by atomic mass is 32.2. The zero-order chi connectivity index (χ0) is 24.5. The molecule has 0 aliphatic carbocycles. The smallest absolute Gasteiger partial charge is 0.338 e. The van der Waals surface area contributed by atoms with Crippen LogP contribution in [0, 0.1) is 0 Å². The lowest BCUT2D eigenvalue weighted by Gasteiger charge is -2.11. The van der Waals surface area contributed by atoms with E-state index in [2.05, 4.69) is 9.99 Å². The van der Waals surface area contributed by atoms with Crippen molar-refractivity contribution in [3.05, 3.63) is 95.6 Å². The van der Waals surface area contributed by atoms with Crippen LogP contribution in [0.3, 0.4) is 0 Å². The molecule has 1 N–H and O–H groups in total. The molecule has 3 rings (SSSR count). The van der Waals surface area contributed by atoms with Crippen LogP contribution in [0.25, 0.3) is 0 Å². The van der Waals surface area contributed by atoms with E-state index in [1.807, 2.05) is 18.2 Å². The predicted octanol–water partition coefficient (Wildman–Crippen LogP) is 4.85. The zero-order valence-electron chi connectivity index (χ0n) is 18.6. The number of benzene rings is 3. The molecule has 0 aromatic heterocycles. The zero-order valence-corrected chi connectivity index (χ0v) is 19.5. The molecule has 34 heavy (non-hydrogen) atoms. The summed E-state index contributed by atoms with van der Waals surface area (Å²) in [5.41, 5.74) is 1.57. The van der Waals surface area contributed by atoms with Crippen molar-refractivity contribution in [2.24, 2.45) is 5.16 Å². The molecule has 0 spiro atoms. The van der Waals surface area contributed by atoms with Crippen molar-refractivity contribution < 1.29 is 29.1 Å². The molecule has 3 aromatic carbocycles. The standard InChI is InChI=1S/C26H23NO6S/c1-17(27-33-18(2)28)25(30)20-8-12-22(13-9-20)34-23-14-10-21(11-15-23)26(31)32-16-24(29)19-6-4-3-5-7-19/h3-15,24,29H,16H2,1-2H3. The van der Waals surface area contributed by atoms with Crippen LogP contribution in [-0.2, 0) is 14.4 Å². The molecule has 8 heteroatoms. The first-order valence-corrected chi connectivity index (χ1v) is 11.2. The largest absolute Gasteiger partial charge is 0.459 e. The number of hydrogen-bond donors (Lipinski definition) is 1. The van der Waals surface area contributed by atoms with Crippen LogP contribution in [0.1, 0.15) is 46.2 Å². The minimum Gasteiger partial charge on any atom is -0.459 e. The SMILES string of the molecule is CC(=O)ON=C(C)C(=O)c1ccc(Sc2ccc(C(=O)OCC(O)c3ccccc3)cc2)cc1. The van der Waals surface area contributed by atoms with Gasteiger partial charge >= 0.3 is 11.9 Å². The minimum atomic E-state index is -0.883. The molecular formula is C26H23NO6S. The third-order valence-corrected chi connectivity index (χ3v) is 5.65. The Kier molecular flexibility index (Phi) is 8.73. The predicted molar refractivity (Wildman–Crippen MR) is 128 cm³/mol. The van der Waals surface area contributed by atoms with E-state index in [-0.39, 0.29) is 18.1 Å². The van der Waals surface area contributed by atoms with Gasteiger partial charge in [-0.25, -0.2) is 9.59 Å². The number of rotatable bonds is 9.